The first-order chi connectivity index (χ1) is 8.25. The van der Waals surface area contributed by atoms with E-state index in [0.717, 1.165) is 23.9 Å². The Kier molecular flexibility index (Phi) is 2.25. The number of benzene rings is 2. The summed E-state index contributed by atoms with van der Waals surface area (Å²) >= 11 is 0. The summed E-state index contributed by atoms with van der Waals surface area (Å²) in [5.74, 6) is -1.09. The molecular weight excluding hydrogens is 214 g/mol. The number of carbonyl (C=O) groups excluding carboxylic acids is 1. The number of nitrogens with one attached hydrogen (secondary N) is 1. The predicted octanol–water partition coefficient (Wildman–Crippen LogP) is 1.10. The van der Waals surface area contributed by atoms with E-state index < -0.39 is 5.97 Å². The summed E-state index contributed by atoms with van der Waals surface area (Å²) in [4.78, 5) is 10.5. The molecule has 0 bridgehead atoms. The lowest BCUT2D eigenvalue weighted by atomic mass is 10.0. The number of anilines is 1. The van der Waals surface area contributed by atoms with Gasteiger partial charge < -0.3 is 15.2 Å². The van der Waals surface area contributed by atoms with Gasteiger partial charge in [-0.1, -0.05) is 24.3 Å². The van der Waals surface area contributed by atoms with E-state index in [4.69, 9.17) is 0 Å². The average molecular weight is 226 g/mol. The maximum Gasteiger partial charge on any atom is 0.0605 e. The van der Waals surface area contributed by atoms with E-state index in [1.807, 2.05) is 18.2 Å². The van der Waals surface area contributed by atoms with Gasteiger partial charge in [0, 0.05) is 11.1 Å². The molecule has 0 spiro atoms. The molecule has 0 aliphatic heterocycles. The molecule has 2 aromatic carbocycles. The summed E-state index contributed by atoms with van der Waals surface area (Å²) in [5.41, 5.74) is 3.58. The Balaban J connectivity index is 2.12. The second-order valence-corrected chi connectivity index (χ2v) is 4.34. The fraction of sp³-hybridized carbons (Fsp3) is 0.214. The topological polar surface area (TPSA) is 52.2 Å². The maximum atomic E-state index is 10.5. The largest absolute Gasteiger partial charge is 0.548 e. The molecule has 1 aliphatic rings. The van der Waals surface area contributed by atoms with Crippen molar-refractivity contribution in [2.24, 2.45) is 0 Å². The molecule has 17 heavy (non-hydrogen) atoms. The predicted molar refractivity (Wildman–Crippen MR) is 64.9 cm³/mol. The molecule has 3 nitrogen and oxygen atoms in total. The number of carboxylic acid groups (broad SMARTS) is 1. The van der Waals surface area contributed by atoms with Crippen molar-refractivity contribution >= 4 is 22.4 Å². The fourth-order valence-corrected chi connectivity index (χ4v) is 2.57. The Morgan fingerprint density at radius 3 is 2.71 bits per heavy atom. The molecule has 0 aromatic heterocycles. The first kappa shape index (κ1) is 10.1. The summed E-state index contributed by atoms with van der Waals surface area (Å²) in [7, 11) is 0. The van der Waals surface area contributed by atoms with Crippen molar-refractivity contribution < 1.29 is 9.90 Å². The Hall–Kier alpha value is -2.03. The normalized spacial score (nSPS) is 12.9. The van der Waals surface area contributed by atoms with Crippen molar-refractivity contribution in [3.8, 4) is 0 Å². The number of aliphatic carboxylic acids is 1. The summed E-state index contributed by atoms with van der Waals surface area (Å²) in [5, 5.41) is 15.8. The van der Waals surface area contributed by atoms with Crippen LogP contribution in [0.2, 0.25) is 0 Å². The smallest absolute Gasteiger partial charge is 0.0605 e. The van der Waals surface area contributed by atoms with E-state index in [-0.39, 0.29) is 6.54 Å². The Morgan fingerprint density at radius 2 is 1.94 bits per heavy atom. The van der Waals surface area contributed by atoms with Crippen LogP contribution in [0.3, 0.4) is 0 Å². The van der Waals surface area contributed by atoms with Gasteiger partial charge in [0.05, 0.1) is 12.5 Å². The van der Waals surface area contributed by atoms with Crippen molar-refractivity contribution in [1.29, 1.82) is 0 Å². The lowest BCUT2D eigenvalue weighted by molar-refractivity contribution is -0.302. The molecule has 86 valence electrons. The van der Waals surface area contributed by atoms with Gasteiger partial charge in [-0.05, 0) is 35.4 Å². The van der Waals surface area contributed by atoms with Crippen LogP contribution in [0.15, 0.2) is 30.3 Å². The van der Waals surface area contributed by atoms with E-state index >= 15 is 0 Å². The summed E-state index contributed by atoms with van der Waals surface area (Å²) in [6, 6.07) is 10.2. The first-order valence-electron chi connectivity index (χ1n) is 5.73. The van der Waals surface area contributed by atoms with E-state index in [2.05, 4.69) is 17.4 Å². The molecular formula is C14H12NO2-. The highest BCUT2D eigenvalue weighted by atomic mass is 16.4. The molecule has 3 rings (SSSR count). The molecule has 0 saturated carbocycles. The monoisotopic (exact) mass is 226 g/mol. The number of aryl methyl sites for hydroxylation is 2. The molecule has 0 radical (unpaired) electrons. The van der Waals surface area contributed by atoms with Crippen LogP contribution in [-0.2, 0) is 17.6 Å². The van der Waals surface area contributed by atoms with Crippen LogP contribution in [0.5, 0.6) is 0 Å². The fourth-order valence-electron chi connectivity index (χ4n) is 2.57. The zero-order valence-corrected chi connectivity index (χ0v) is 9.32. The Bertz CT molecular complexity index is 594. The molecule has 0 atom stereocenters. The molecule has 3 heteroatoms. The quantitative estimate of drug-likeness (QED) is 0.852. The molecule has 1 aliphatic carbocycles. The molecule has 0 fully saturated rings. The highest BCUT2D eigenvalue weighted by Crippen LogP contribution is 2.34. The van der Waals surface area contributed by atoms with Crippen LogP contribution >= 0.6 is 0 Å². The van der Waals surface area contributed by atoms with E-state index in [0.29, 0.717) is 0 Å². The third kappa shape index (κ3) is 1.64. The second-order valence-electron chi connectivity index (χ2n) is 4.34. The number of carboxylic acids is 1. The summed E-state index contributed by atoms with van der Waals surface area (Å²) in [6.07, 6.45) is 2.16. The highest BCUT2D eigenvalue weighted by Gasteiger charge is 2.15. The SMILES string of the molecule is O=C([O-])CNc1ccc2c3c(cccc13)CC2. The van der Waals surface area contributed by atoms with Crippen LogP contribution in [0.25, 0.3) is 10.8 Å². The minimum absolute atomic E-state index is 0.154. The minimum Gasteiger partial charge on any atom is -0.548 e. The Morgan fingerprint density at radius 1 is 1.18 bits per heavy atom. The lowest BCUT2D eigenvalue weighted by Crippen LogP contribution is -2.30. The number of rotatable bonds is 3. The standard InChI is InChI=1S/C14H13NO2/c16-13(17)8-15-12-7-6-10-5-4-9-2-1-3-11(12)14(9)10/h1-3,6-7,15H,4-5,8H2,(H,16,17)/p-1. The highest BCUT2D eigenvalue weighted by molar-refractivity contribution is 5.99. The summed E-state index contributed by atoms with van der Waals surface area (Å²) < 4.78 is 0. The van der Waals surface area contributed by atoms with Crippen LogP contribution < -0.4 is 10.4 Å². The average Bonchev–Trinajstić information content (AvgIpc) is 2.74. The van der Waals surface area contributed by atoms with Crippen molar-refractivity contribution in [2.75, 3.05) is 11.9 Å². The van der Waals surface area contributed by atoms with Gasteiger partial charge in [-0.3, -0.25) is 0 Å². The molecule has 1 N–H and O–H groups in total. The number of hydrogen-bond donors (Lipinski definition) is 1. The second kappa shape index (κ2) is 3.77. The van der Waals surface area contributed by atoms with E-state index in [9.17, 15) is 9.90 Å². The zero-order chi connectivity index (χ0) is 11.8. The zero-order valence-electron chi connectivity index (χ0n) is 9.32. The van der Waals surface area contributed by atoms with Crippen LogP contribution in [0.4, 0.5) is 5.69 Å². The molecule has 0 amide bonds. The van der Waals surface area contributed by atoms with Crippen LogP contribution in [0, 0.1) is 0 Å². The van der Waals surface area contributed by atoms with Gasteiger partial charge in [-0.15, -0.1) is 0 Å². The van der Waals surface area contributed by atoms with Crippen LogP contribution in [-0.4, -0.2) is 12.5 Å². The molecule has 0 unspecified atom stereocenters. The third-order valence-electron chi connectivity index (χ3n) is 3.30. The first-order valence-corrected chi connectivity index (χ1v) is 5.73. The van der Waals surface area contributed by atoms with Gasteiger partial charge in [-0.2, -0.15) is 0 Å². The lowest BCUT2D eigenvalue weighted by Gasteiger charge is -2.11. The maximum absolute atomic E-state index is 10.5. The van der Waals surface area contributed by atoms with Crippen molar-refractivity contribution in [1.82, 2.24) is 0 Å². The molecule has 0 saturated heterocycles. The van der Waals surface area contributed by atoms with Gasteiger partial charge in [0.25, 0.3) is 0 Å². The molecule has 0 heterocycles. The van der Waals surface area contributed by atoms with Crippen molar-refractivity contribution in [3.63, 3.8) is 0 Å². The van der Waals surface area contributed by atoms with Gasteiger partial charge in [0.15, 0.2) is 0 Å². The van der Waals surface area contributed by atoms with Crippen molar-refractivity contribution in [2.45, 2.75) is 12.8 Å². The summed E-state index contributed by atoms with van der Waals surface area (Å²) in [6.45, 7) is -0.154. The van der Waals surface area contributed by atoms with Crippen LogP contribution in [0.1, 0.15) is 11.1 Å². The number of hydrogen-bond acceptors (Lipinski definition) is 3. The van der Waals surface area contributed by atoms with E-state index in [1.54, 1.807) is 0 Å². The van der Waals surface area contributed by atoms with Gasteiger partial charge in [-0.25, -0.2) is 0 Å². The van der Waals surface area contributed by atoms with E-state index in [1.165, 1.54) is 16.5 Å². The van der Waals surface area contributed by atoms with Crippen molar-refractivity contribution in [3.05, 3.63) is 41.5 Å². The van der Waals surface area contributed by atoms with Gasteiger partial charge >= 0.3 is 0 Å². The third-order valence-corrected chi connectivity index (χ3v) is 3.30. The van der Waals surface area contributed by atoms with Gasteiger partial charge in [0.2, 0.25) is 0 Å². The van der Waals surface area contributed by atoms with Gasteiger partial charge in [0.1, 0.15) is 0 Å². The minimum atomic E-state index is -1.09. The Labute approximate surface area is 99.1 Å². The molecule has 2 aromatic rings. The number of carbonyl (C=O) groups is 1.